The summed E-state index contributed by atoms with van der Waals surface area (Å²) in [6, 6.07) is 4.46. The number of pyridine rings is 3. The molecule has 0 saturated heterocycles. The van der Waals surface area contributed by atoms with Crippen molar-refractivity contribution in [2.75, 3.05) is 39.9 Å². The molecule has 42 heavy (non-hydrogen) atoms. The molecule has 0 N–H and O–H groups in total. The topological polar surface area (TPSA) is 105 Å². The van der Waals surface area contributed by atoms with E-state index in [9.17, 15) is 35.9 Å². The number of anilines is 1. The van der Waals surface area contributed by atoms with E-state index in [0.717, 1.165) is 29.1 Å². The molecule has 1 aliphatic heterocycles. The van der Waals surface area contributed by atoms with Crippen molar-refractivity contribution in [3.05, 3.63) is 63.8 Å². The zero-order chi connectivity index (χ0) is 31.2. The summed E-state index contributed by atoms with van der Waals surface area (Å²) in [5, 5.41) is 0. The molecule has 0 unspecified atom stereocenters. The number of nitrogens with zero attached hydrogens (tertiary/aromatic N) is 4. The van der Waals surface area contributed by atoms with Crippen molar-refractivity contribution in [1.82, 2.24) is 14.5 Å². The smallest absolute Gasteiger partial charge is 0.354 e. The fraction of sp³-hybridized carbons (Fsp3) is 0.462. The minimum atomic E-state index is -4.53. The molecular formula is C26H28F6N4O6. The van der Waals surface area contributed by atoms with Gasteiger partial charge in [-0.25, -0.2) is 0 Å². The number of halogens is 6. The third-order valence-corrected chi connectivity index (χ3v) is 6.32. The number of aromatic nitrogens is 3. The molecule has 230 valence electrons. The predicted molar refractivity (Wildman–Crippen MR) is 137 cm³/mol. The van der Waals surface area contributed by atoms with Crippen LogP contribution in [0.15, 0.2) is 41.5 Å². The molecule has 4 rings (SSSR count). The van der Waals surface area contributed by atoms with E-state index in [1.807, 2.05) is 0 Å². The van der Waals surface area contributed by atoms with Gasteiger partial charge in [0.25, 0.3) is 5.56 Å². The monoisotopic (exact) mass is 606 g/mol. The Morgan fingerprint density at radius 2 is 1.33 bits per heavy atom. The summed E-state index contributed by atoms with van der Waals surface area (Å²) in [5.41, 5.74) is -1.26. The van der Waals surface area contributed by atoms with Gasteiger partial charge in [-0.05, 0) is 18.2 Å². The van der Waals surface area contributed by atoms with Crippen molar-refractivity contribution >= 4 is 22.6 Å². The second kappa shape index (κ2) is 13.6. The number of hydrogen-bond donors (Lipinski definition) is 0. The number of rotatable bonds is 8. The van der Waals surface area contributed by atoms with Crippen molar-refractivity contribution in [3.8, 4) is 0 Å². The molecule has 0 radical (unpaired) electrons. The molecule has 3 aromatic heterocycles. The van der Waals surface area contributed by atoms with E-state index in [1.165, 1.54) is 45.5 Å². The van der Waals surface area contributed by atoms with Crippen LogP contribution in [0.2, 0.25) is 0 Å². The lowest BCUT2D eigenvalue weighted by Crippen LogP contribution is -2.42. The summed E-state index contributed by atoms with van der Waals surface area (Å²) < 4.78 is 97.8. The van der Waals surface area contributed by atoms with Gasteiger partial charge in [-0.15, -0.1) is 0 Å². The highest BCUT2D eigenvalue weighted by molar-refractivity contribution is 5.96. The Morgan fingerprint density at radius 3 is 1.90 bits per heavy atom. The minimum Gasteiger partial charge on any atom is -0.354 e. The molecular weight excluding hydrogens is 578 g/mol. The zero-order valence-electron chi connectivity index (χ0n) is 23.0. The zero-order valence-corrected chi connectivity index (χ0v) is 23.0. The minimum absolute atomic E-state index is 0.0157. The van der Waals surface area contributed by atoms with Gasteiger partial charge in [0.05, 0.1) is 46.6 Å². The number of methoxy groups -OCH3 is 4. The van der Waals surface area contributed by atoms with Crippen LogP contribution in [-0.2, 0) is 49.1 Å². The van der Waals surface area contributed by atoms with Gasteiger partial charge in [-0.2, -0.15) is 26.3 Å². The highest BCUT2D eigenvalue weighted by Crippen LogP contribution is 2.35. The molecule has 1 aliphatic rings. The summed E-state index contributed by atoms with van der Waals surface area (Å²) in [6.45, 7) is -0.0199. The van der Waals surface area contributed by atoms with Gasteiger partial charge in [0.2, 0.25) is 5.91 Å². The van der Waals surface area contributed by atoms with Crippen LogP contribution in [0.5, 0.6) is 0 Å². The van der Waals surface area contributed by atoms with Crippen molar-refractivity contribution in [2.45, 2.75) is 44.3 Å². The summed E-state index contributed by atoms with van der Waals surface area (Å²) in [4.78, 5) is 32.7. The van der Waals surface area contributed by atoms with Crippen LogP contribution < -0.4 is 10.5 Å². The predicted octanol–water partition coefficient (Wildman–Crippen LogP) is 4.03. The van der Waals surface area contributed by atoms with Gasteiger partial charge >= 0.3 is 12.4 Å². The van der Waals surface area contributed by atoms with Crippen LogP contribution in [0.3, 0.4) is 0 Å². The van der Waals surface area contributed by atoms with E-state index in [0.29, 0.717) is 12.1 Å². The van der Waals surface area contributed by atoms with Crippen molar-refractivity contribution in [2.24, 2.45) is 0 Å². The molecule has 4 heterocycles. The Bertz CT molecular complexity index is 1440. The largest absolute Gasteiger partial charge is 0.417 e. The van der Waals surface area contributed by atoms with Gasteiger partial charge in [0, 0.05) is 59.7 Å². The summed E-state index contributed by atoms with van der Waals surface area (Å²) in [6.07, 6.45) is -8.44. The summed E-state index contributed by atoms with van der Waals surface area (Å²) in [7, 11) is 5.55. The number of carbonyl (C=O) groups is 1. The van der Waals surface area contributed by atoms with E-state index in [2.05, 4.69) is 9.97 Å². The molecule has 0 saturated carbocycles. The maximum atomic E-state index is 12.8. The van der Waals surface area contributed by atoms with Crippen LogP contribution in [0.1, 0.15) is 23.2 Å². The van der Waals surface area contributed by atoms with Gasteiger partial charge in [-0.3, -0.25) is 19.6 Å². The molecule has 0 aliphatic carbocycles. The van der Waals surface area contributed by atoms with Crippen LogP contribution in [0.25, 0.3) is 11.0 Å². The average molecular weight is 607 g/mol. The number of amides is 1. The van der Waals surface area contributed by atoms with Crippen LogP contribution in [0, 0.1) is 0 Å². The molecule has 0 fully saturated rings. The van der Waals surface area contributed by atoms with Crippen molar-refractivity contribution in [1.29, 1.82) is 0 Å². The van der Waals surface area contributed by atoms with Crippen molar-refractivity contribution in [3.63, 3.8) is 0 Å². The normalized spacial score (nSPS) is 13.9. The number of carbonyl (C=O) groups excluding carboxylic acids is 1. The third kappa shape index (κ3) is 7.81. The molecule has 0 atom stereocenters. The molecule has 0 bridgehead atoms. The highest BCUT2D eigenvalue weighted by atomic mass is 19.4. The standard InChI is InChI=1S/C13H15F3N2O3.C13H13F3N2O3/c2*1-20-12(21-2)7-18-10-5-8(13(14,15)16)6-17-9(10)3-4-11(18)19/h5-6,12H,3-4,7H2,1-2H3;3-6,12H,7H2,1-2H3. The molecule has 10 nitrogen and oxygen atoms in total. The Hall–Kier alpha value is -3.60. The lowest BCUT2D eigenvalue weighted by atomic mass is 10.0. The Labute approximate surface area is 235 Å². The maximum absolute atomic E-state index is 12.8. The fourth-order valence-electron chi connectivity index (χ4n) is 4.06. The lowest BCUT2D eigenvalue weighted by molar-refractivity contribution is -0.138. The highest BCUT2D eigenvalue weighted by Gasteiger charge is 2.35. The Kier molecular flexibility index (Phi) is 10.6. The van der Waals surface area contributed by atoms with Gasteiger partial charge in [0.1, 0.15) is 0 Å². The quantitative estimate of drug-likeness (QED) is 0.280. The van der Waals surface area contributed by atoms with Gasteiger partial charge in [-0.1, -0.05) is 0 Å². The van der Waals surface area contributed by atoms with Crippen LogP contribution >= 0.6 is 0 Å². The van der Waals surface area contributed by atoms with Crippen molar-refractivity contribution < 1.29 is 50.1 Å². The number of hydrogen-bond acceptors (Lipinski definition) is 8. The molecule has 0 aromatic carbocycles. The van der Waals surface area contributed by atoms with E-state index >= 15 is 0 Å². The van der Waals surface area contributed by atoms with E-state index in [1.54, 1.807) is 0 Å². The first-order chi connectivity index (χ1) is 19.7. The van der Waals surface area contributed by atoms with Gasteiger partial charge in [0.15, 0.2) is 12.6 Å². The number of alkyl halides is 6. The van der Waals surface area contributed by atoms with E-state index in [-0.39, 0.29) is 42.1 Å². The van der Waals surface area contributed by atoms with E-state index in [4.69, 9.17) is 18.9 Å². The first kappa shape index (κ1) is 32.9. The fourth-order valence-corrected chi connectivity index (χ4v) is 4.06. The van der Waals surface area contributed by atoms with Crippen LogP contribution in [0.4, 0.5) is 32.0 Å². The Morgan fingerprint density at radius 1 is 0.786 bits per heavy atom. The molecule has 16 heteroatoms. The van der Waals surface area contributed by atoms with Crippen LogP contribution in [-0.4, -0.2) is 68.0 Å². The van der Waals surface area contributed by atoms with E-state index < -0.39 is 41.6 Å². The SMILES string of the molecule is COC(CN1C(=O)CCc2ncc(C(F)(F)F)cc21)OC.COC(Cn1c(=O)ccc2ncc(C(F)(F)F)cc21)OC. The lowest BCUT2D eigenvalue weighted by Gasteiger charge is -2.31. The number of fused-ring (bicyclic) bond motifs is 2. The third-order valence-electron chi connectivity index (χ3n) is 6.32. The Balaban J connectivity index is 0.000000230. The molecule has 1 amide bonds. The molecule has 3 aromatic rings. The maximum Gasteiger partial charge on any atom is 0.417 e. The number of ether oxygens (including phenoxy) is 4. The second-order valence-corrected chi connectivity index (χ2v) is 8.90. The first-order valence-electron chi connectivity index (χ1n) is 12.3. The first-order valence-corrected chi connectivity index (χ1v) is 12.3. The summed E-state index contributed by atoms with van der Waals surface area (Å²) >= 11 is 0. The summed E-state index contributed by atoms with van der Waals surface area (Å²) in [5.74, 6) is -0.275. The second-order valence-electron chi connectivity index (χ2n) is 8.90. The average Bonchev–Trinajstić information content (AvgIpc) is 2.95. The molecule has 0 spiro atoms. The number of aryl methyl sites for hydroxylation is 1. The van der Waals surface area contributed by atoms with Gasteiger partial charge < -0.3 is 28.4 Å².